The highest BCUT2D eigenvalue weighted by Crippen LogP contribution is 2.42. The van der Waals surface area contributed by atoms with Gasteiger partial charge in [0, 0.05) is 202 Å². The van der Waals surface area contributed by atoms with E-state index in [1.165, 1.54) is 7.11 Å². The van der Waals surface area contributed by atoms with Gasteiger partial charge < -0.3 is 78.0 Å². The number of methoxy groups -OCH3 is 7. The summed E-state index contributed by atoms with van der Waals surface area (Å²) in [6.07, 6.45) is 28.9. The molecule has 0 aliphatic carbocycles. The van der Waals surface area contributed by atoms with E-state index >= 15 is 0 Å². The van der Waals surface area contributed by atoms with Crippen molar-refractivity contribution >= 4 is 119 Å². The summed E-state index contributed by atoms with van der Waals surface area (Å²) in [7, 11) is 15.0. The van der Waals surface area contributed by atoms with Crippen LogP contribution in [0, 0.1) is 0 Å². The zero-order valence-corrected chi connectivity index (χ0v) is 82.2. The second-order valence-corrected chi connectivity index (χ2v) is 35.0. The van der Waals surface area contributed by atoms with Gasteiger partial charge in [0.15, 0.2) is 5.78 Å². The first-order valence-corrected chi connectivity index (χ1v) is 47.1. The third-order valence-electron chi connectivity index (χ3n) is 23.4. The van der Waals surface area contributed by atoms with Crippen LogP contribution >= 0.6 is 23.2 Å². The summed E-state index contributed by atoms with van der Waals surface area (Å²) in [5.41, 5.74) is 19.9. The summed E-state index contributed by atoms with van der Waals surface area (Å²) >= 11 is 13.2. The Morgan fingerprint density at radius 3 is 1.16 bits per heavy atom. The number of nitrogens with one attached hydrogen (secondary N) is 2. The van der Waals surface area contributed by atoms with E-state index in [9.17, 15) is 9.90 Å². The van der Waals surface area contributed by atoms with Gasteiger partial charge in [0.1, 0.15) is 53.6 Å². The molecule has 0 saturated carbocycles. The summed E-state index contributed by atoms with van der Waals surface area (Å²) in [4.78, 5) is 58.8. The third kappa shape index (κ3) is 25.5. The number of ketones is 1. The van der Waals surface area contributed by atoms with Gasteiger partial charge >= 0.3 is 0 Å². The molecule has 33 nitrogen and oxygen atoms in total. The summed E-state index contributed by atoms with van der Waals surface area (Å²) in [5, 5.41) is 36.5. The first-order valence-electron chi connectivity index (χ1n) is 46.3. The second kappa shape index (κ2) is 47.4. The third-order valence-corrected chi connectivity index (χ3v) is 24.0. The van der Waals surface area contributed by atoms with Gasteiger partial charge in [-0.2, -0.15) is 20.4 Å². The van der Waals surface area contributed by atoms with E-state index in [-0.39, 0.29) is 37.4 Å². The van der Waals surface area contributed by atoms with Crippen LogP contribution in [0.2, 0.25) is 10.0 Å². The molecule has 0 radical (unpaired) electrons. The average Bonchev–Trinajstić information content (AvgIpc) is 1.38. The fourth-order valence-electron chi connectivity index (χ4n) is 16.2. The maximum absolute atomic E-state index is 12.5. The van der Waals surface area contributed by atoms with Crippen LogP contribution in [0.15, 0.2) is 220 Å². The molecule has 3 atom stereocenters. The van der Waals surface area contributed by atoms with Crippen molar-refractivity contribution in [3.63, 3.8) is 0 Å². The molecule has 16 aromatic rings. The molecule has 2 saturated heterocycles. The molecule has 10 heterocycles. The number of aliphatic hydroxyl groups excluding tert-OH is 1. The standard InChI is InChI=1S/C28H33ClN6O2.C26H28ClN5O2.C26H32N6O3.C24H25N5O4/c1-19(2)30-11-12-34(27-15-22(36-3)8-9-23(27)29)21-7-10-24-25(14-21)33-26(17-31-24)20-16-32-35(18-20)28-6-4-5-13-37-28;1-3-11-31(25-14-20(33-2)8-9-21(25)27)19-7-10-22-23(13-19)30-24(16-28-22)18-15-29-32(17-18)26-6-4-5-12-34-26;1-17(2)27-13-21(33)16-32(20-8-22(34-4)11-23(9-20)35-5)19-6-7-24-25(10-19)30-26(14-28-24)18-12-29-31(3)15-18;1-28-13-16(11-26-28)24-12-25-22-6-5-17(9-23(22)27-24)29(14-19(30)15-31-2)18-7-20(32-3)10-21(8-18)33-4/h7-10,14-19,28,30H,4-6,11-13H2,1-3H3;7-10,13-17,26H,3-6,11-12H2,1-2H3;6-12,14-15,17,21,27,33H,13,16H2,1-5H3;5-13H,14-15H2,1-4H3. The molecule has 2 aliphatic heterocycles. The molecule has 2 fully saturated rings. The molecule has 35 heteroatoms. The van der Waals surface area contributed by atoms with Crippen molar-refractivity contribution in [2.45, 2.75) is 110 Å². The van der Waals surface area contributed by atoms with Crippen LogP contribution in [0.25, 0.3) is 89.2 Å². The van der Waals surface area contributed by atoms with Crippen molar-refractivity contribution in [2.24, 2.45) is 14.1 Å². The molecule has 3 N–H and O–H groups in total. The van der Waals surface area contributed by atoms with Gasteiger partial charge in [0.2, 0.25) is 0 Å². The summed E-state index contributed by atoms with van der Waals surface area (Å²) in [5.74, 6) is 4.01. The minimum absolute atomic E-state index is 0.00210. The number of hydrogen-bond donors (Lipinski definition) is 3. The number of nitrogens with zero attached hydrogens (tertiary/aromatic N) is 20. The van der Waals surface area contributed by atoms with E-state index in [2.05, 4.69) is 120 Å². The fourth-order valence-corrected chi connectivity index (χ4v) is 16.6. The zero-order chi connectivity index (χ0) is 97.6. The molecular weight excluding hydrogens is 1800 g/mol. The molecular formula is C104H118Cl2N22O11. The van der Waals surface area contributed by atoms with Gasteiger partial charge in [-0.1, -0.05) is 57.8 Å². The number of carbonyl (C=O) groups is 1. The van der Waals surface area contributed by atoms with Crippen LogP contribution in [-0.4, -0.2) is 217 Å². The van der Waals surface area contributed by atoms with E-state index < -0.39 is 6.10 Å². The van der Waals surface area contributed by atoms with E-state index in [0.717, 1.165) is 218 Å². The monoisotopic (exact) mass is 1920 g/mol. The van der Waals surface area contributed by atoms with E-state index in [1.54, 1.807) is 95.3 Å². The van der Waals surface area contributed by atoms with Crippen LogP contribution in [0.1, 0.15) is 92.0 Å². The number of carbonyl (C=O) groups excluding carboxylic acids is 1. The predicted octanol–water partition coefficient (Wildman–Crippen LogP) is 19.3. The first kappa shape index (κ1) is 99.4. The molecule has 3 unspecified atom stereocenters. The number of aromatic nitrogens is 16. The van der Waals surface area contributed by atoms with E-state index in [1.807, 2.05) is 186 Å². The molecule has 18 rings (SSSR count). The number of anilines is 8. The van der Waals surface area contributed by atoms with Crippen LogP contribution in [0.4, 0.5) is 45.5 Å². The molecule has 0 spiro atoms. The summed E-state index contributed by atoms with van der Waals surface area (Å²) < 4.78 is 56.8. The summed E-state index contributed by atoms with van der Waals surface area (Å²) in [6.45, 7) is 15.3. The number of hydrogen-bond acceptors (Lipinski definition) is 29. The molecule has 0 amide bonds. The lowest BCUT2D eigenvalue weighted by Gasteiger charge is -2.29. The van der Waals surface area contributed by atoms with Gasteiger partial charge in [-0.15, -0.1) is 0 Å². The van der Waals surface area contributed by atoms with Crippen molar-refractivity contribution in [1.29, 1.82) is 0 Å². The van der Waals surface area contributed by atoms with E-state index in [4.69, 9.17) is 85.8 Å². The Bertz CT molecular complexity index is 6780. The Balaban J connectivity index is 0.000000140. The SMILES string of the molecule is CCCN(c1ccc2ncc(-c3cnn(C4CCCCO4)c3)nc2c1)c1cc(OC)ccc1Cl.COCC(=O)CN(c1cc(OC)cc(OC)c1)c1ccc2ncc(-c3cnn(C)c3)nc2c1.COc1cc(OC)cc(N(CC(O)CNC(C)C)c2ccc3ncc(-c4cnn(C)c4)nc3c2)c1.COc1ccc(Cl)c(N(CCNC(C)C)c2ccc3ncc(-c4cnn(C5CCCCO5)c4)nc3c2)c1. The smallest absolute Gasteiger partial charge is 0.178 e. The number of halogens is 2. The van der Waals surface area contributed by atoms with Crippen molar-refractivity contribution in [3.8, 4) is 79.5 Å². The topological polar surface area (TPSA) is 332 Å². The van der Waals surface area contributed by atoms with Crippen LogP contribution in [0.3, 0.4) is 0 Å². The minimum Gasteiger partial charge on any atom is -0.497 e. The molecule has 724 valence electrons. The molecule has 139 heavy (non-hydrogen) atoms. The maximum Gasteiger partial charge on any atom is 0.178 e. The second-order valence-electron chi connectivity index (χ2n) is 34.2. The molecule has 0 bridgehead atoms. The minimum atomic E-state index is -0.613. The predicted molar refractivity (Wildman–Crippen MR) is 545 cm³/mol. The average molecular weight is 1920 g/mol. The number of rotatable bonds is 35. The number of aliphatic hydroxyl groups is 1. The van der Waals surface area contributed by atoms with Gasteiger partial charge in [-0.05, 0) is 142 Å². The largest absolute Gasteiger partial charge is 0.497 e. The summed E-state index contributed by atoms with van der Waals surface area (Å²) in [6, 6.07) is 47.0. The Kier molecular flexibility index (Phi) is 33.9. The van der Waals surface area contributed by atoms with Gasteiger partial charge in [-0.25, -0.2) is 29.3 Å². The molecule has 2 aliphatic rings. The van der Waals surface area contributed by atoms with Crippen molar-refractivity contribution < 1.29 is 52.5 Å². The van der Waals surface area contributed by atoms with Crippen LogP contribution in [-0.2, 0) is 33.1 Å². The molecule has 8 aromatic carbocycles. The van der Waals surface area contributed by atoms with Gasteiger partial charge in [0.05, 0.1) is 200 Å². The Morgan fingerprint density at radius 2 is 0.799 bits per heavy atom. The quantitative estimate of drug-likeness (QED) is 0.0332. The lowest BCUT2D eigenvalue weighted by molar-refractivity contribution is -0.121. The fraction of sp³-hybridized carbons (Fsp3) is 0.337. The van der Waals surface area contributed by atoms with Crippen LogP contribution in [0.5, 0.6) is 34.5 Å². The highest BCUT2D eigenvalue weighted by molar-refractivity contribution is 6.34. The normalized spacial score (nSPS) is 13.8. The highest BCUT2D eigenvalue weighted by Gasteiger charge is 2.26. The lowest BCUT2D eigenvalue weighted by atomic mass is 10.1. The van der Waals surface area contributed by atoms with Gasteiger partial charge in [0.25, 0.3) is 0 Å². The van der Waals surface area contributed by atoms with Crippen molar-refractivity contribution in [1.82, 2.24) is 89.6 Å². The van der Waals surface area contributed by atoms with Crippen molar-refractivity contribution in [2.75, 3.05) is 128 Å². The highest BCUT2D eigenvalue weighted by atomic mass is 35.5. The number of Topliss-reactive ketones (excluding diaryl/α,β-unsaturated/α-hetero) is 1. The number of aryl methyl sites for hydroxylation is 2. The number of ether oxygens (including phenoxy) is 9. The Hall–Kier alpha value is -14.0. The Morgan fingerprint density at radius 1 is 0.424 bits per heavy atom. The number of fused-ring (bicyclic) bond motifs is 4. The van der Waals surface area contributed by atoms with E-state index in [0.29, 0.717) is 57.7 Å². The first-order chi connectivity index (χ1) is 67.5. The van der Waals surface area contributed by atoms with Crippen LogP contribution < -0.4 is 58.7 Å². The lowest BCUT2D eigenvalue weighted by Crippen LogP contribution is -2.38. The zero-order valence-electron chi connectivity index (χ0n) is 80.7. The Labute approximate surface area is 818 Å². The molecule has 8 aromatic heterocycles. The maximum atomic E-state index is 12.5. The number of benzene rings is 8. The van der Waals surface area contributed by atoms with Gasteiger partial charge in [-0.3, -0.25) is 34.1 Å². The van der Waals surface area contributed by atoms with Crippen molar-refractivity contribution in [3.05, 3.63) is 230 Å².